The van der Waals surface area contributed by atoms with Crippen LogP contribution >= 0.6 is 0 Å². The average molecular weight is 270 g/mol. The zero-order valence-corrected chi connectivity index (χ0v) is 11.4. The van der Waals surface area contributed by atoms with Crippen LogP contribution in [-0.2, 0) is 6.42 Å². The molecule has 5 nitrogen and oxygen atoms in total. The van der Waals surface area contributed by atoms with Gasteiger partial charge in [-0.2, -0.15) is 0 Å². The minimum atomic E-state index is -0.716. The maximum Gasteiger partial charge on any atom is 0.275 e. The van der Waals surface area contributed by atoms with Crippen molar-refractivity contribution in [3.05, 3.63) is 33.6 Å². The van der Waals surface area contributed by atoms with E-state index in [1.165, 1.54) is 13.2 Å². The first-order chi connectivity index (χ1) is 8.99. The summed E-state index contributed by atoms with van der Waals surface area (Å²) in [6.07, 6.45) is 1.44. The van der Waals surface area contributed by atoms with Gasteiger partial charge in [0, 0.05) is 11.6 Å². The Balaban J connectivity index is 2.99. The summed E-state index contributed by atoms with van der Waals surface area (Å²) in [5.74, 6) is -0.685. The molecule has 106 valence electrons. The molecule has 0 fully saturated rings. The van der Waals surface area contributed by atoms with Gasteiger partial charge in [0.1, 0.15) is 0 Å². The lowest BCUT2D eigenvalue weighted by atomic mass is 10.0. The Labute approximate surface area is 111 Å². The normalized spacial score (nSPS) is 12.2. The fraction of sp³-hybridized carbons (Fsp3) is 0.538. The molecular formula is C13H19FN2O3. The van der Waals surface area contributed by atoms with Crippen molar-refractivity contribution in [1.82, 2.24) is 5.32 Å². The molecule has 0 saturated carbocycles. The lowest BCUT2D eigenvalue weighted by Crippen LogP contribution is -2.28. The molecule has 1 aromatic carbocycles. The van der Waals surface area contributed by atoms with Crippen molar-refractivity contribution in [3.63, 3.8) is 0 Å². The molecule has 0 radical (unpaired) electrons. The van der Waals surface area contributed by atoms with Crippen LogP contribution in [0.1, 0.15) is 25.8 Å². The minimum Gasteiger partial charge on any atom is -0.494 e. The van der Waals surface area contributed by atoms with Crippen LogP contribution in [0.2, 0.25) is 0 Å². The zero-order valence-electron chi connectivity index (χ0n) is 11.4. The van der Waals surface area contributed by atoms with E-state index in [1.807, 2.05) is 13.8 Å². The van der Waals surface area contributed by atoms with Crippen molar-refractivity contribution >= 4 is 5.69 Å². The third-order valence-electron chi connectivity index (χ3n) is 2.82. The third kappa shape index (κ3) is 4.17. The minimum absolute atomic E-state index is 0.0308. The van der Waals surface area contributed by atoms with Crippen molar-refractivity contribution in [3.8, 4) is 5.75 Å². The largest absolute Gasteiger partial charge is 0.494 e. The van der Waals surface area contributed by atoms with Crippen molar-refractivity contribution in [1.29, 1.82) is 0 Å². The number of methoxy groups -OCH3 is 1. The van der Waals surface area contributed by atoms with E-state index in [-0.39, 0.29) is 17.5 Å². The summed E-state index contributed by atoms with van der Waals surface area (Å²) in [6, 6.07) is 2.40. The number of ether oxygens (including phenoxy) is 1. The Morgan fingerprint density at radius 2 is 2.21 bits per heavy atom. The molecule has 0 aliphatic heterocycles. The Kier molecular flexibility index (Phi) is 5.69. The molecule has 1 atom stereocenters. The number of nitro benzene ring substituents is 1. The molecule has 6 heteroatoms. The van der Waals surface area contributed by atoms with Crippen LogP contribution in [0.5, 0.6) is 5.75 Å². The molecule has 19 heavy (non-hydrogen) atoms. The SMILES string of the molecule is CCCNC(C)Cc1cc(OC)c(F)cc1[N+](=O)[O-]. The number of hydrogen-bond donors (Lipinski definition) is 1. The number of benzene rings is 1. The standard InChI is InChI=1S/C13H19FN2O3/c1-4-5-15-9(2)6-10-7-13(19-3)11(14)8-12(10)16(17)18/h7-9,15H,4-6H2,1-3H3. The number of nitrogens with one attached hydrogen (secondary N) is 1. The first kappa shape index (κ1) is 15.4. The van der Waals surface area contributed by atoms with Crippen LogP contribution < -0.4 is 10.1 Å². The van der Waals surface area contributed by atoms with Gasteiger partial charge in [-0.15, -0.1) is 0 Å². The molecule has 1 N–H and O–H groups in total. The van der Waals surface area contributed by atoms with Crippen molar-refractivity contribution in [2.24, 2.45) is 0 Å². The third-order valence-corrected chi connectivity index (χ3v) is 2.82. The van der Waals surface area contributed by atoms with Gasteiger partial charge in [0.15, 0.2) is 11.6 Å². The summed E-state index contributed by atoms with van der Waals surface area (Å²) in [5.41, 5.74) is 0.266. The number of halogens is 1. The summed E-state index contributed by atoms with van der Waals surface area (Å²) in [7, 11) is 1.34. The highest BCUT2D eigenvalue weighted by Gasteiger charge is 2.20. The number of nitrogens with zero attached hydrogens (tertiary/aromatic N) is 1. The lowest BCUT2D eigenvalue weighted by Gasteiger charge is -2.14. The molecule has 0 amide bonds. The van der Waals surface area contributed by atoms with Gasteiger partial charge >= 0.3 is 0 Å². The van der Waals surface area contributed by atoms with E-state index in [2.05, 4.69) is 5.32 Å². The van der Waals surface area contributed by atoms with Gasteiger partial charge in [0.25, 0.3) is 5.69 Å². The van der Waals surface area contributed by atoms with Crippen molar-refractivity contribution in [2.75, 3.05) is 13.7 Å². The maximum atomic E-state index is 13.5. The van der Waals surface area contributed by atoms with Gasteiger partial charge in [0.2, 0.25) is 0 Å². The van der Waals surface area contributed by atoms with E-state index < -0.39 is 10.7 Å². The van der Waals surface area contributed by atoms with Gasteiger partial charge in [0.05, 0.1) is 18.1 Å². The zero-order chi connectivity index (χ0) is 14.4. The van der Waals surface area contributed by atoms with E-state index in [1.54, 1.807) is 0 Å². The van der Waals surface area contributed by atoms with Crippen LogP contribution in [0.3, 0.4) is 0 Å². The predicted molar refractivity (Wildman–Crippen MR) is 71.1 cm³/mol. The van der Waals surface area contributed by atoms with Gasteiger partial charge < -0.3 is 10.1 Å². The molecule has 1 aromatic rings. The summed E-state index contributed by atoms with van der Waals surface area (Å²) in [4.78, 5) is 10.4. The van der Waals surface area contributed by atoms with Gasteiger partial charge in [-0.25, -0.2) is 4.39 Å². The Morgan fingerprint density at radius 1 is 1.53 bits per heavy atom. The fourth-order valence-electron chi connectivity index (χ4n) is 1.87. The topological polar surface area (TPSA) is 64.4 Å². The molecule has 1 rings (SSSR count). The molecule has 0 aliphatic carbocycles. The van der Waals surface area contributed by atoms with Crippen molar-refractivity contribution < 1.29 is 14.1 Å². The van der Waals surface area contributed by atoms with Gasteiger partial charge in [-0.3, -0.25) is 10.1 Å². The fourth-order valence-corrected chi connectivity index (χ4v) is 1.87. The van der Waals surface area contributed by atoms with E-state index in [4.69, 9.17) is 4.74 Å². The molecule has 1 unspecified atom stereocenters. The Bertz CT molecular complexity index is 452. The second-order valence-electron chi connectivity index (χ2n) is 4.43. The molecule has 0 bridgehead atoms. The summed E-state index contributed by atoms with van der Waals surface area (Å²) >= 11 is 0. The van der Waals surface area contributed by atoms with Crippen LogP contribution in [0.25, 0.3) is 0 Å². The molecule has 0 aliphatic rings. The number of hydrogen-bond acceptors (Lipinski definition) is 4. The molecule has 0 aromatic heterocycles. The second kappa shape index (κ2) is 7.04. The molecule has 0 heterocycles. The Hall–Kier alpha value is -1.69. The highest BCUT2D eigenvalue weighted by Crippen LogP contribution is 2.28. The molecule has 0 saturated heterocycles. The average Bonchev–Trinajstić information content (AvgIpc) is 2.37. The second-order valence-corrected chi connectivity index (χ2v) is 4.43. The first-order valence-corrected chi connectivity index (χ1v) is 6.23. The summed E-state index contributed by atoms with van der Waals surface area (Å²) in [5, 5.41) is 14.2. The Morgan fingerprint density at radius 3 is 2.74 bits per heavy atom. The number of nitro groups is 1. The quantitative estimate of drug-likeness (QED) is 0.611. The summed E-state index contributed by atoms with van der Waals surface area (Å²) in [6.45, 7) is 4.83. The van der Waals surface area contributed by atoms with Gasteiger partial charge in [-0.1, -0.05) is 6.92 Å². The van der Waals surface area contributed by atoms with Gasteiger partial charge in [-0.05, 0) is 32.4 Å². The van der Waals surface area contributed by atoms with E-state index in [9.17, 15) is 14.5 Å². The number of rotatable bonds is 7. The van der Waals surface area contributed by atoms with E-state index in [0.717, 1.165) is 19.0 Å². The van der Waals surface area contributed by atoms with E-state index >= 15 is 0 Å². The lowest BCUT2D eigenvalue weighted by molar-refractivity contribution is -0.385. The smallest absolute Gasteiger partial charge is 0.275 e. The first-order valence-electron chi connectivity index (χ1n) is 6.23. The van der Waals surface area contributed by atoms with E-state index in [0.29, 0.717) is 12.0 Å². The highest BCUT2D eigenvalue weighted by molar-refractivity contribution is 5.46. The molecular weight excluding hydrogens is 251 g/mol. The van der Waals surface area contributed by atoms with Crippen LogP contribution in [0.15, 0.2) is 12.1 Å². The van der Waals surface area contributed by atoms with Crippen LogP contribution in [0.4, 0.5) is 10.1 Å². The molecule has 0 spiro atoms. The van der Waals surface area contributed by atoms with Crippen LogP contribution in [0, 0.1) is 15.9 Å². The van der Waals surface area contributed by atoms with Crippen molar-refractivity contribution in [2.45, 2.75) is 32.7 Å². The highest BCUT2D eigenvalue weighted by atomic mass is 19.1. The predicted octanol–water partition coefficient (Wildman–Crippen LogP) is 2.67. The maximum absolute atomic E-state index is 13.5. The monoisotopic (exact) mass is 270 g/mol. The van der Waals surface area contributed by atoms with Crippen LogP contribution in [-0.4, -0.2) is 24.6 Å². The summed E-state index contributed by atoms with van der Waals surface area (Å²) < 4.78 is 18.4.